The Bertz CT molecular complexity index is 1230. The van der Waals surface area contributed by atoms with Gasteiger partial charge in [-0.1, -0.05) is 12.1 Å². The maximum absolute atomic E-state index is 14.3. The van der Waals surface area contributed by atoms with Gasteiger partial charge in [0, 0.05) is 67.3 Å². The van der Waals surface area contributed by atoms with Crippen LogP contribution in [0.2, 0.25) is 0 Å². The molecule has 2 aromatic carbocycles. The van der Waals surface area contributed by atoms with Crippen LogP contribution in [0.5, 0.6) is 0 Å². The summed E-state index contributed by atoms with van der Waals surface area (Å²) in [5.74, 6) is -0.625. The standard InChI is InChI=1S/C27H30FN3O3/c1-29-11-13-30(14-12-29)17-20-7-9-24-25(26(20)32)22-15-21(28)8-10-23(22)31(24)16-18-3-5-19(6-4-18)27(33)34-2/h3-6,8,10,15,20H,7,9,11-14,16-17H2,1-2H3. The molecule has 0 spiro atoms. The molecule has 0 N–H and O–H groups in total. The van der Waals surface area contributed by atoms with Crippen LogP contribution in [0.4, 0.5) is 4.39 Å². The van der Waals surface area contributed by atoms with Gasteiger partial charge in [-0.05, 0) is 55.8 Å². The maximum atomic E-state index is 14.3. The van der Waals surface area contributed by atoms with Gasteiger partial charge in [0.25, 0.3) is 0 Å². The molecule has 5 rings (SSSR count). The number of carbonyl (C=O) groups excluding carboxylic acids is 2. The Labute approximate surface area is 198 Å². The zero-order valence-corrected chi connectivity index (χ0v) is 19.7. The molecule has 2 heterocycles. The molecule has 1 aliphatic heterocycles. The van der Waals surface area contributed by atoms with Gasteiger partial charge in [0.05, 0.1) is 12.7 Å². The molecule has 1 unspecified atom stereocenters. The summed E-state index contributed by atoms with van der Waals surface area (Å²) >= 11 is 0. The molecule has 1 saturated heterocycles. The molecule has 34 heavy (non-hydrogen) atoms. The number of halogens is 1. The number of likely N-dealkylation sites (N-methyl/N-ethyl adjacent to an activating group) is 1. The number of ketones is 1. The van der Waals surface area contributed by atoms with Crippen LogP contribution in [-0.2, 0) is 17.7 Å². The topological polar surface area (TPSA) is 54.8 Å². The molecule has 6 nitrogen and oxygen atoms in total. The van der Waals surface area contributed by atoms with E-state index in [2.05, 4.69) is 21.4 Å². The first-order valence-electron chi connectivity index (χ1n) is 11.9. The van der Waals surface area contributed by atoms with Gasteiger partial charge in [-0.15, -0.1) is 0 Å². The van der Waals surface area contributed by atoms with Crippen molar-refractivity contribution in [3.63, 3.8) is 0 Å². The van der Waals surface area contributed by atoms with Gasteiger partial charge in [-0.25, -0.2) is 9.18 Å². The van der Waals surface area contributed by atoms with Crippen molar-refractivity contribution in [2.45, 2.75) is 19.4 Å². The third-order valence-electron chi connectivity index (χ3n) is 7.27. The fourth-order valence-electron chi connectivity index (χ4n) is 5.30. The summed E-state index contributed by atoms with van der Waals surface area (Å²) in [6.45, 7) is 5.31. The Kier molecular flexibility index (Phi) is 6.23. The van der Waals surface area contributed by atoms with Gasteiger partial charge >= 0.3 is 5.97 Å². The summed E-state index contributed by atoms with van der Waals surface area (Å²) in [6.07, 6.45) is 1.59. The van der Waals surface area contributed by atoms with Crippen LogP contribution in [0.3, 0.4) is 0 Å². The molecule has 1 aliphatic carbocycles. The third-order valence-corrected chi connectivity index (χ3v) is 7.27. The quantitative estimate of drug-likeness (QED) is 0.541. The van der Waals surface area contributed by atoms with Crippen LogP contribution in [0, 0.1) is 11.7 Å². The van der Waals surface area contributed by atoms with E-state index in [0.717, 1.165) is 62.3 Å². The molecule has 0 amide bonds. The molecule has 1 fully saturated rings. The zero-order chi connectivity index (χ0) is 23.8. The fraction of sp³-hybridized carbons (Fsp3) is 0.407. The van der Waals surface area contributed by atoms with Crippen LogP contribution in [0.25, 0.3) is 10.9 Å². The van der Waals surface area contributed by atoms with E-state index >= 15 is 0 Å². The van der Waals surface area contributed by atoms with Gasteiger partial charge in [0.1, 0.15) is 5.82 Å². The maximum Gasteiger partial charge on any atom is 0.337 e. The van der Waals surface area contributed by atoms with Gasteiger partial charge in [0.15, 0.2) is 5.78 Å². The number of ether oxygens (including phenoxy) is 1. The zero-order valence-electron chi connectivity index (χ0n) is 19.7. The number of hydrogen-bond acceptors (Lipinski definition) is 5. The lowest BCUT2D eigenvalue weighted by atomic mass is 9.84. The molecule has 178 valence electrons. The number of nitrogens with zero attached hydrogens (tertiary/aromatic N) is 3. The lowest BCUT2D eigenvalue weighted by Gasteiger charge is -2.35. The normalized spacial score (nSPS) is 19.4. The lowest BCUT2D eigenvalue weighted by molar-refractivity contribution is 0.0600. The second-order valence-electron chi connectivity index (χ2n) is 9.46. The first kappa shape index (κ1) is 22.7. The number of hydrogen-bond donors (Lipinski definition) is 0. The molecule has 1 aromatic heterocycles. The molecular weight excluding hydrogens is 433 g/mol. The Balaban J connectivity index is 1.46. The number of piperazine rings is 1. The van der Waals surface area contributed by atoms with Crippen molar-refractivity contribution < 1.29 is 18.7 Å². The average molecular weight is 464 g/mol. The molecule has 3 aromatic rings. The Morgan fingerprint density at radius 2 is 1.82 bits per heavy atom. The predicted octanol–water partition coefficient (Wildman–Crippen LogP) is 3.61. The van der Waals surface area contributed by atoms with Crippen LogP contribution >= 0.6 is 0 Å². The monoisotopic (exact) mass is 463 g/mol. The number of rotatable bonds is 5. The number of aromatic nitrogens is 1. The van der Waals surface area contributed by atoms with E-state index in [9.17, 15) is 14.0 Å². The van der Waals surface area contributed by atoms with Crippen molar-refractivity contribution >= 4 is 22.7 Å². The summed E-state index contributed by atoms with van der Waals surface area (Å²) in [5.41, 5.74) is 4.04. The molecule has 2 aliphatic rings. The van der Waals surface area contributed by atoms with E-state index in [1.807, 2.05) is 12.1 Å². The van der Waals surface area contributed by atoms with E-state index in [0.29, 0.717) is 23.1 Å². The van der Waals surface area contributed by atoms with E-state index in [-0.39, 0.29) is 23.5 Å². The van der Waals surface area contributed by atoms with E-state index in [1.165, 1.54) is 19.2 Å². The highest BCUT2D eigenvalue weighted by Crippen LogP contribution is 2.36. The average Bonchev–Trinajstić information content (AvgIpc) is 3.15. The highest BCUT2D eigenvalue weighted by Gasteiger charge is 2.34. The van der Waals surface area contributed by atoms with E-state index < -0.39 is 0 Å². The number of fused-ring (bicyclic) bond motifs is 3. The Hall–Kier alpha value is -3.03. The Morgan fingerprint density at radius 3 is 2.53 bits per heavy atom. The predicted molar refractivity (Wildman–Crippen MR) is 129 cm³/mol. The van der Waals surface area contributed by atoms with Gasteiger partial charge in [-0.2, -0.15) is 0 Å². The minimum absolute atomic E-state index is 0.0578. The third kappa shape index (κ3) is 4.26. The molecule has 0 bridgehead atoms. The molecular formula is C27H30FN3O3. The van der Waals surface area contributed by atoms with Crippen LogP contribution in [-0.4, -0.2) is 73.0 Å². The van der Waals surface area contributed by atoms with Crippen molar-refractivity contribution in [1.29, 1.82) is 0 Å². The summed E-state index contributed by atoms with van der Waals surface area (Å²) in [6, 6.07) is 12.0. The minimum Gasteiger partial charge on any atom is -0.465 e. The van der Waals surface area contributed by atoms with Gasteiger partial charge in [-0.3, -0.25) is 4.79 Å². The van der Waals surface area contributed by atoms with Crippen molar-refractivity contribution in [2.24, 2.45) is 5.92 Å². The largest absolute Gasteiger partial charge is 0.465 e. The lowest BCUT2D eigenvalue weighted by Crippen LogP contribution is -2.47. The SMILES string of the molecule is COC(=O)c1ccc(Cn2c3c(c4cc(F)ccc42)C(=O)C(CN2CCN(C)CC2)CC3)cc1. The molecule has 7 heteroatoms. The van der Waals surface area contributed by atoms with Crippen molar-refractivity contribution in [2.75, 3.05) is 46.9 Å². The first-order valence-corrected chi connectivity index (χ1v) is 11.9. The number of methoxy groups -OCH3 is 1. The van der Waals surface area contributed by atoms with Crippen LogP contribution in [0.15, 0.2) is 42.5 Å². The molecule has 1 atom stereocenters. The van der Waals surface area contributed by atoms with Crippen molar-refractivity contribution in [3.05, 3.63) is 70.7 Å². The fourth-order valence-corrected chi connectivity index (χ4v) is 5.30. The smallest absolute Gasteiger partial charge is 0.337 e. The van der Waals surface area contributed by atoms with Crippen molar-refractivity contribution in [3.8, 4) is 0 Å². The van der Waals surface area contributed by atoms with Crippen LogP contribution in [0.1, 0.15) is 38.4 Å². The number of benzene rings is 2. The summed E-state index contributed by atoms with van der Waals surface area (Å²) in [4.78, 5) is 30.1. The van der Waals surface area contributed by atoms with Gasteiger partial charge < -0.3 is 19.1 Å². The molecule has 0 radical (unpaired) electrons. The van der Waals surface area contributed by atoms with Gasteiger partial charge in [0.2, 0.25) is 0 Å². The second-order valence-corrected chi connectivity index (χ2v) is 9.46. The summed E-state index contributed by atoms with van der Waals surface area (Å²) in [5, 5.41) is 0.703. The van der Waals surface area contributed by atoms with E-state index in [4.69, 9.17) is 4.74 Å². The van der Waals surface area contributed by atoms with Crippen molar-refractivity contribution in [1.82, 2.24) is 14.4 Å². The summed E-state index contributed by atoms with van der Waals surface area (Å²) in [7, 11) is 3.49. The molecule has 0 saturated carbocycles. The number of Topliss-reactive ketones (excluding diaryl/α,β-unsaturated/α-hetero) is 1. The highest BCUT2D eigenvalue weighted by atomic mass is 19.1. The van der Waals surface area contributed by atoms with E-state index in [1.54, 1.807) is 18.2 Å². The highest BCUT2D eigenvalue weighted by molar-refractivity contribution is 6.11. The number of esters is 1. The first-order chi connectivity index (χ1) is 16.4. The minimum atomic E-state index is -0.372. The Morgan fingerprint density at radius 1 is 1.09 bits per heavy atom. The summed E-state index contributed by atoms with van der Waals surface area (Å²) < 4.78 is 21.2. The second kappa shape index (κ2) is 9.31. The van der Waals surface area contributed by atoms with Crippen LogP contribution < -0.4 is 0 Å². The number of carbonyl (C=O) groups is 2.